The molecule has 5 rings (SSSR count). The zero-order valence-electron chi connectivity index (χ0n) is 25.4. The van der Waals surface area contributed by atoms with Gasteiger partial charge in [-0.1, -0.05) is 38.1 Å². The van der Waals surface area contributed by atoms with Gasteiger partial charge in [0.2, 0.25) is 11.8 Å². The fraction of sp³-hybridized carbons (Fsp3) is 0.485. The number of rotatable bonds is 11. The first-order valence-corrected chi connectivity index (χ1v) is 15.1. The molecule has 2 amide bonds. The van der Waals surface area contributed by atoms with Crippen LogP contribution in [-0.2, 0) is 20.9 Å². The van der Waals surface area contributed by atoms with Gasteiger partial charge in [-0.25, -0.2) is 14.4 Å². The zero-order chi connectivity index (χ0) is 30.5. The van der Waals surface area contributed by atoms with Gasteiger partial charge in [-0.15, -0.1) is 0 Å². The van der Waals surface area contributed by atoms with Gasteiger partial charge in [-0.2, -0.15) is 0 Å². The lowest BCUT2D eigenvalue weighted by molar-refractivity contribution is -0.151. The Labute approximate surface area is 252 Å². The second-order valence-corrected chi connectivity index (χ2v) is 11.9. The summed E-state index contributed by atoms with van der Waals surface area (Å²) in [4.78, 5) is 44.1. The van der Waals surface area contributed by atoms with Crippen LogP contribution < -0.4 is 5.32 Å². The summed E-state index contributed by atoms with van der Waals surface area (Å²) < 4.78 is 21.2. The van der Waals surface area contributed by atoms with Gasteiger partial charge in [0.1, 0.15) is 11.9 Å². The smallest absolute Gasteiger partial charge is 0.244 e. The summed E-state index contributed by atoms with van der Waals surface area (Å²) in [5.41, 5.74) is 2.90. The van der Waals surface area contributed by atoms with E-state index in [0.29, 0.717) is 43.2 Å². The van der Waals surface area contributed by atoms with Gasteiger partial charge in [0, 0.05) is 69.5 Å². The summed E-state index contributed by atoms with van der Waals surface area (Å²) in [5, 5.41) is 3.05. The van der Waals surface area contributed by atoms with Crippen molar-refractivity contribution in [2.24, 2.45) is 5.92 Å². The topological polar surface area (TPSA) is 101 Å². The number of piperazine rings is 1. The van der Waals surface area contributed by atoms with Crippen molar-refractivity contribution < 1.29 is 18.7 Å². The molecule has 2 aromatic heterocycles. The van der Waals surface area contributed by atoms with E-state index in [9.17, 15) is 9.59 Å². The molecule has 1 N–H and O–H groups in total. The SMILES string of the molecule is COCC[C@H](c1nccc(C2CC2)c1F)N1C[C@@H](C)N(C(=O)C(C)C)[C@@H](C(=O)NCc2ccc(-c3ncccn3)cc2)C1. The van der Waals surface area contributed by atoms with Crippen molar-refractivity contribution >= 4 is 11.8 Å². The van der Waals surface area contributed by atoms with E-state index < -0.39 is 6.04 Å². The summed E-state index contributed by atoms with van der Waals surface area (Å²) in [6, 6.07) is 9.87. The van der Waals surface area contributed by atoms with Gasteiger partial charge >= 0.3 is 0 Å². The molecule has 1 aromatic carbocycles. The number of hydrogen-bond acceptors (Lipinski definition) is 7. The fourth-order valence-corrected chi connectivity index (χ4v) is 5.92. The number of nitrogens with one attached hydrogen (secondary N) is 1. The van der Waals surface area contributed by atoms with Crippen molar-refractivity contribution in [3.05, 3.63) is 77.6 Å². The molecule has 2 fully saturated rings. The van der Waals surface area contributed by atoms with Crippen molar-refractivity contribution in [2.45, 2.75) is 70.6 Å². The number of hydrogen-bond donors (Lipinski definition) is 1. The van der Waals surface area contributed by atoms with E-state index in [1.165, 1.54) is 0 Å². The Bertz CT molecular complexity index is 1400. The Balaban J connectivity index is 1.37. The number of nitrogens with zero attached hydrogens (tertiary/aromatic N) is 5. The van der Waals surface area contributed by atoms with Crippen LogP contribution in [0.2, 0.25) is 0 Å². The van der Waals surface area contributed by atoms with Crippen LogP contribution in [-0.4, -0.2) is 75.5 Å². The fourth-order valence-electron chi connectivity index (χ4n) is 5.92. The number of amides is 2. The minimum atomic E-state index is -0.740. The summed E-state index contributed by atoms with van der Waals surface area (Å²) in [6.45, 7) is 7.12. The Morgan fingerprint density at radius 3 is 2.42 bits per heavy atom. The Kier molecular flexibility index (Phi) is 9.77. The second kappa shape index (κ2) is 13.7. The second-order valence-electron chi connectivity index (χ2n) is 11.9. The lowest BCUT2D eigenvalue weighted by Gasteiger charge is -2.47. The third kappa shape index (κ3) is 7.08. The summed E-state index contributed by atoms with van der Waals surface area (Å²) in [7, 11) is 1.62. The summed E-state index contributed by atoms with van der Waals surface area (Å²) in [5.74, 6) is 0.0334. The van der Waals surface area contributed by atoms with Gasteiger partial charge in [0.05, 0.1) is 11.7 Å². The predicted molar refractivity (Wildman–Crippen MR) is 161 cm³/mol. The number of pyridine rings is 1. The predicted octanol–water partition coefficient (Wildman–Crippen LogP) is 4.51. The van der Waals surface area contributed by atoms with E-state index in [4.69, 9.17) is 4.74 Å². The van der Waals surface area contributed by atoms with Gasteiger partial charge < -0.3 is 15.0 Å². The van der Waals surface area contributed by atoms with Crippen LogP contribution in [0, 0.1) is 11.7 Å². The summed E-state index contributed by atoms with van der Waals surface area (Å²) >= 11 is 0. The molecule has 9 nitrogen and oxygen atoms in total. The van der Waals surface area contributed by atoms with Crippen LogP contribution in [0.5, 0.6) is 0 Å². The van der Waals surface area contributed by atoms with Crippen LogP contribution >= 0.6 is 0 Å². The van der Waals surface area contributed by atoms with Crippen molar-refractivity contribution in [2.75, 3.05) is 26.8 Å². The highest BCUT2D eigenvalue weighted by molar-refractivity contribution is 5.89. The number of methoxy groups -OCH3 is 1. The first kappa shape index (κ1) is 30.7. The zero-order valence-corrected chi connectivity index (χ0v) is 25.4. The molecule has 43 heavy (non-hydrogen) atoms. The molecule has 0 bridgehead atoms. The molecule has 1 aliphatic carbocycles. The standard InChI is InChI=1S/C33H41FN6O3/c1-21(2)33(42)40-22(3)19-39(27(13-17-43-4)30-29(34)26(12-16-35-30)24-10-11-24)20-28(40)32(41)38-18-23-6-8-25(9-7-23)31-36-14-5-15-37-31/h5-9,12,14-16,21-22,24,27-28H,10-11,13,17-20H2,1-4H3,(H,38,41)/t22-,27-,28-/m1/s1. The van der Waals surface area contributed by atoms with Crippen LogP contribution in [0.1, 0.15) is 68.8 Å². The molecule has 1 saturated heterocycles. The van der Waals surface area contributed by atoms with Crippen LogP contribution in [0.4, 0.5) is 4.39 Å². The molecular weight excluding hydrogens is 547 g/mol. The molecule has 3 heterocycles. The highest BCUT2D eigenvalue weighted by Gasteiger charge is 2.43. The van der Waals surface area contributed by atoms with Crippen molar-refractivity contribution in [3.63, 3.8) is 0 Å². The first-order chi connectivity index (χ1) is 20.8. The third-order valence-electron chi connectivity index (χ3n) is 8.33. The van der Waals surface area contributed by atoms with Gasteiger partial charge in [0.25, 0.3) is 0 Å². The average Bonchev–Trinajstić information content (AvgIpc) is 3.86. The molecule has 3 atom stereocenters. The van der Waals surface area contributed by atoms with E-state index in [1.807, 2.05) is 45.0 Å². The number of benzene rings is 1. The highest BCUT2D eigenvalue weighted by atomic mass is 19.1. The molecule has 10 heteroatoms. The van der Waals surface area contributed by atoms with Crippen molar-refractivity contribution in [1.29, 1.82) is 0 Å². The summed E-state index contributed by atoms with van der Waals surface area (Å²) in [6.07, 6.45) is 7.58. The molecule has 0 unspecified atom stereocenters. The van der Waals surface area contributed by atoms with E-state index >= 15 is 4.39 Å². The monoisotopic (exact) mass is 588 g/mol. The molecule has 228 valence electrons. The maximum absolute atomic E-state index is 15.8. The number of halogens is 1. The number of aromatic nitrogens is 3. The number of carbonyl (C=O) groups excluding carboxylic acids is 2. The molecular formula is C33H41FN6O3. The lowest BCUT2D eigenvalue weighted by atomic mass is 9.97. The minimum absolute atomic E-state index is 0.0759. The maximum atomic E-state index is 15.8. The minimum Gasteiger partial charge on any atom is -0.385 e. The van der Waals surface area contributed by atoms with Gasteiger partial charge in [0.15, 0.2) is 5.82 Å². The van der Waals surface area contributed by atoms with Crippen molar-refractivity contribution in [1.82, 2.24) is 30.1 Å². The Morgan fingerprint density at radius 2 is 1.77 bits per heavy atom. The van der Waals surface area contributed by atoms with Crippen LogP contribution in [0.3, 0.4) is 0 Å². The normalized spacial score (nSPS) is 19.8. The Morgan fingerprint density at radius 1 is 1.05 bits per heavy atom. The number of carbonyl (C=O) groups is 2. The molecule has 3 aromatic rings. The molecule has 1 saturated carbocycles. The van der Waals surface area contributed by atoms with Crippen molar-refractivity contribution in [3.8, 4) is 11.4 Å². The highest BCUT2D eigenvalue weighted by Crippen LogP contribution is 2.43. The third-order valence-corrected chi connectivity index (χ3v) is 8.33. The van der Waals surface area contributed by atoms with Gasteiger partial charge in [-0.3, -0.25) is 19.5 Å². The van der Waals surface area contributed by atoms with Gasteiger partial charge in [-0.05, 0) is 55.4 Å². The molecule has 0 spiro atoms. The largest absolute Gasteiger partial charge is 0.385 e. The van der Waals surface area contributed by atoms with Crippen LogP contribution in [0.15, 0.2) is 55.0 Å². The van der Waals surface area contributed by atoms with E-state index in [2.05, 4.69) is 25.2 Å². The quantitative estimate of drug-likeness (QED) is 0.352. The average molecular weight is 589 g/mol. The maximum Gasteiger partial charge on any atom is 0.244 e. The lowest BCUT2D eigenvalue weighted by Crippen LogP contribution is -2.65. The van der Waals surface area contributed by atoms with Crippen LogP contribution in [0.25, 0.3) is 11.4 Å². The Hall–Kier alpha value is -3.76. The van der Waals surface area contributed by atoms with E-state index in [0.717, 1.165) is 24.0 Å². The van der Waals surface area contributed by atoms with E-state index in [-0.39, 0.29) is 48.1 Å². The molecule has 0 radical (unpaired) electrons. The first-order valence-electron chi connectivity index (χ1n) is 15.1. The molecule has 1 aliphatic heterocycles. The molecule has 2 aliphatic rings. The van der Waals surface area contributed by atoms with E-state index in [1.54, 1.807) is 42.7 Å². The number of ether oxygens (including phenoxy) is 1.